The second-order valence-electron chi connectivity index (χ2n) is 8.41. The molecule has 2 aromatic heterocycles. The first-order chi connectivity index (χ1) is 14.3. The molecule has 0 unspecified atom stereocenters. The predicted octanol–water partition coefficient (Wildman–Crippen LogP) is 3.76. The lowest BCUT2D eigenvalue weighted by molar-refractivity contribution is -0.135. The molecule has 0 saturated heterocycles. The van der Waals surface area contributed by atoms with Crippen LogP contribution in [0.15, 0.2) is 35.3 Å². The highest BCUT2D eigenvalue weighted by molar-refractivity contribution is 6.30. The Balaban J connectivity index is 1.85. The van der Waals surface area contributed by atoms with Gasteiger partial charge in [-0.05, 0) is 58.7 Å². The average Bonchev–Trinajstić information content (AvgIpc) is 3.41. The summed E-state index contributed by atoms with van der Waals surface area (Å²) in [6.07, 6.45) is 3.75. The van der Waals surface area contributed by atoms with E-state index in [1.54, 1.807) is 27.9 Å². The van der Waals surface area contributed by atoms with Crippen LogP contribution in [-0.2, 0) is 11.3 Å². The summed E-state index contributed by atoms with van der Waals surface area (Å²) in [4.78, 5) is 28.2. The minimum absolute atomic E-state index is 0.0387. The first-order valence-electron chi connectivity index (χ1n) is 10.3. The minimum Gasteiger partial charge on any atom is -0.336 e. The molecule has 3 aromatic rings. The smallest absolute Gasteiger partial charge is 0.293 e. The summed E-state index contributed by atoms with van der Waals surface area (Å²) in [6.45, 7) is 7.80. The van der Waals surface area contributed by atoms with Gasteiger partial charge in [0.05, 0.1) is 17.6 Å². The Morgan fingerprint density at radius 3 is 2.53 bits per heavy atom. The van der Waals surface area contributed by atoms with Gasteiger partial charge >= 0.3 is 0 Å². The van der Waals surface area contributed by atoms with Crippen molar-refractivity contribution in [1.82, 2.24) is 24.5 Å². The highest BCUT2D eigenvalue weighted by Gasteiger charge is 2.31. The third-order valence-electron chi connectivity index (χ3n) is 5.41. The number of nitrogens with zero attached hydrogens (tertiary/aromatic N) is 5. The molecule has 0 spiro atoms. The van der Waals surface area contributed by atoms with E-state index in [1.165, 1.54) is 4.68 Å². The molecule has 1 saturated carbocycles. The number of fused-ring (bicyclic) bond motifs is 1. The topological polar surface area (TPSA) is 73.0 Å². The Morgan fingerprint density at radius 1 is 1.23 bits per heavy atom. The van der Waals surface area contributed by atoms with E-state index in [4.69, 9.17) is 11.6 Å². The van der Waals surface area contributed by atoms with Crippen LogP contribution in [0, 0.1) is 0 Å². The molecule has 158 valence electrons. The average molecular weight is 428 g/mol. The Labute approximate surface area is 180 Å². The fraction of sp³-hybridized carbons (Fsp3) is 0.455. The molecule has 2 heterocycles. The summed E-state index contributed by atoms with van der Waals surface area (Å²) in [6, 6.07) is 7.29. The van der Waals surface area contributed by atoms with Gasteiger partial charge in [-0.25, -0.2) is 9.36 Å². The largest absolute Gasteiger partial charge is 0.336 e. The van der Waals surface area contributed by atoms with Crippen molar-refractivity contribution in [3.05, 3.63) is 51.5 Å². The molecule has 1 fully saturated rings. The highest BCUT2D eigenvalue weighted by Crippen LogP contribution is 2.41. The van der Waals surface area contributed by atoms with Crippen LogP contribution >= 0.6 is 11.6 Å². The number of carbonyl (C=O) groups excluding carboxylic acids is 1. The molecule has 1 amide bonds. The lowest BCUT2D eigenvalue weighted by atomic mass is 10.2. The maximum Gasteiger partial charge on any atom is 0.293 e. The summed E-state index contributed by atoms with van der Waals surface area (Å²) in [5.41, 5.74) is 1.65. The second-order valence-corrected chi connectivity index (χ2v) is 8.85. The molecular formula is C22H26ClN5O2. The van der Waals surface area contributed by atoms with E-state index in [0.717, 1.165) is 23.9 Å². The summed E-state index contributed by atoms with van der Waals surface area (Å²) >= 11 is 6.15. The van der Waals surface area contributed by atoms with Crippen molar-refractivity contribution in [3.8, 4) is 5.69 Å². The third kappa shape index (κ3) is 3.74. The van der Waals surface area contributed by atoms with Crippen molar-refractivity contribution < 1.29 is 4.79 Å². The Bertz CT molecular complexity index is 1150. The molecule has 0 aliphatic heterocycles. The summed E-state index contributed by atoms with van der Waals surface area (Å²) in [7, 11) is 0. The van der Waals surface area contributed by atoms with Crippen LogP contribution in [0.1, 0.15) is 52.1 Å². The van der Waals surface area contributed by atoms with Crippen LogP contribution in [0.2, 0.25) is 5.02 Å². The fourth-order valence-electron chi connectivity index (χ4n) is 4.04. The zero-order chi connectivity index (χ0) is 21.6. The molecule has 0 bridgehead atoms. The first kappa shape index (κ1) is 20.6. The number of hydrogen-bond acceptors (Lipinski definition) is 4. The summed E-state index contributed by atoms with van der Waals surface area (Å²) < 4.78 is 2.90. The van der Waals surface area contributed by atoms with Crippen LogP contribution in [0.4, 0.5) is 0 Å². The molecule has 0 N–H and O–H groups in total. The Hall–Kier alpha value is -2.67. The Kier molecular flexibility index (Phi) is 5.40. The van der Waals surface area contributed by atoms with Crippen molar-refractivity contribution in [1.29, 1.82) is 0 Å². The van der Waals surface area contributed by atoms with Crippen molar-refractivity contribution in [2.24, 2.45) is 0 Å². The normalized spacial score (nSPS) is 14.1. The van der Waals surface area contributed by atoms with Crippen LogP contribution in [0.3, 0.4) is 0 Å². The van der Waals surface area contributed by atoms with Gasteiger partial charge in [0.25, 0.3) is 5.56 Å². The maximum atomic E-state index is 13.4. The molecule has 0 atom stereocenters. The number of halogens is 1. The van der Waals surface area contributed by atoms with Crippen LogP contribution in [-0.4, -0.2) is 42.5 Å². The maximum absolute atomic E-state index is 13.4. The van der Waals surface area contributed by atoms with Crippen molar-refractivity contribution in [3.63, 3.8) is 0 Å². The molecule has 7 nitrogen and oxygen atoms in total. The van der Waals surface area contributed by atoms with Gasteiger partial charge in [0.1, 0.15) is 12.1 Å². The zero-order valence-corrected chi connectivity index (χ0v) is 18.4. The molecule has 1 aliphatic carbocycles. The van der Waals surface area contributed by atoms with Gasteiger partial charge in [-0.2, -0.15) is 10.2 Å². The van der Waals surface area contributed by atoms with Gasteiger partial charge in [-0.3, -0.25) is 9.59 Å². The molecule has 1 aromatic carbocycles. The standard InChI is InChI=1S/C22H26ClN5O2/c1-13(2)27(14(3)4)19(29)12-26-22(30)21-18(20(25-26)15-8-9-15)11-24-28(21)17-7-5-6-16(23)10-17/h5-7,10-11,13-15H,8-9,12H2,1-4H3. The SMILES string of the molecule is CC(C)N(C(=O)Cn1nc(C2CC2)c2cnn(-c3cccc(Cl)c3)c2c1=O)C(C)C. The molecule has 30 heavy (non-hydrogen) atoms. The molecule has 0 radical (unpaired) electrons. The van der Waals surface area contributed by atoms with Crippen LogP contribution in [0.5, 0.6) is 0 Å². The summed E-state index contributed by atoms with van der Waals surface area (Å²) in [5.74, 6) is 0.183. The number of amides is 1. The lowest BCUT2D eigenvalue weighted by Crippen LogP contribution is -2.45. The van der Waals surface area contributed by atoms with Gasteiger partial charge in [0, 0.05) is 28.4 Å². The first-order valence-corrected chi connectivity index (χ1v) is 10.7. The Morgan fingerprint density at radius 2 is 1.93 bits per heavy atom. The predicted molar refractivity (Wildman–Crippen MR) is 117 cm³/mol. The number of aromatic nitrogens is 4. The van der Waals surface area contributed by atoms with Crippen molar-refractivity contribution in [2.75, 3.05) is 0 Å². The third-order valence-corrected chi connectivity index (χ3v) is 5.65. The van der Waals surface area contributed by atoms with Gasteiger partial charge < -0.3 is 4.90 Å². The van der Waals surface area contributed by atoms with E-state index in [2.05, 4.69) is 10.2 Å². The van der Waals surface area contributed by atoms with Crippen LogP contribution in [0.25, 0.3) is 16.6 Å². The molecule has 1 aliphatic rings. The monoisotopic (exact) mass is 427 g/mol. The van der Waals surface area contributed by atoms with E-state index in [9.17, 15) is 9.59 Å². The van der Waals surface area contributed by atoms with Crippen molar-refractivity contribution >= 4 is 28.4 Å². The van der Waals surface area contributed by atoms with Crippen LogP contribution < -0.4 is 5.56 Å². The number of hydrogen-bond donors (Lipinski definition) is 0. The number of rotatable bonds is 6. The number of benzene rings is 1. The second kappa shape index (κ2) is 7.87. The van der Waals surface area contributed by atoms with Gasteiger partial charge in [-0.1, -0.05) is 17.7 Å². The van der Waals surface area contributed by atoms with Gasteiger partial charge in [0.2, 0.25) is 5.91 Å². The van der Waals surface area contributed by atoms with Gasteiger partial charge in [0.15, 0.2) is 0 Å². The van der Waals surface area contributed by atoms with E-state index in [1.807, 2.05) is 39.8 Å². The number of carbonyl (C=O) groups is 1. The molecule has 4 rings (SSSR count). The lowest BCUT2D eigenvalue weighted by Gasteiger charge is -2.30. The fourth-order valence-corrected chi connectivity index (χ4v) is 4.23. The van der Waals surface area contributed by atoms with Crippen molar-refractivity contribution in [2.45, 2.75) is 65.1 Å². The van der Waals surface area contributed by atoms with E-state index in [-0.39, 0.29) is 30.1 Å². The van der Waals surface area contributed by atoms with E-state index in [0.29, 0.717) is 22.1 Å². The highest BCUT2D eigenvalue weighted by atomic mass is 35.5. The molecule has 8 heteroatoms. The van der Waals surface area contributed by atoms with E-state index < -0.39 is 0 Å². The van der Waals surface area contributed by atoms with E-state index >= 15 is 0 Å². The molecular weight excluding hydrogens is 402 g/mol. The summed E-state index contributed by atoms with van der Waals surface area (Å²) in [5, 5.41) is 10.4. The minimum atomic E-state index is -0.326. The zero-order valence-electron chi connectivity index (χ0n) is 17.7. The quantitative estimate of drug-likeness (QED) is 0.600. The van der Waals surface area contributed by atoms with Gasteiger partial charge in [-0.15, -0.1) is 0 Å².